The minimum absolute atomic E-state index is 0.434. The largest absolute Gasteiger partial charge is 0.311 e. The third-order valence-electron chi connectivity index (χ3n) is 1.92. The van der Waals surface area contributed by atoms with Crippen molar-refractivity contribution in [2.24, 2.45) is 0 Å². The highest BCUT2D eigenvalue weighted by molar-refractivity contribution is 7.88. The van der Waals surface area contributed by atoms with Crippen LogP contribution in [0.15, 0.2) is 11.4 Å². The maximum Gasteiger partial charge on any atom is 0.208 e. The van der Waals surface area contributed by atoms with E-state index in [1.165, 1.54) is 10.4 Å². The van der Waals surface area contributed by atoms with E-state index in [1.54, 1.807) is 11.3 Å². The predicted molar refractivity (Wildman–Crippen MR) is 63.6 cm³/mol. The van der Waals surface area contributed by atoms with E-state index in [0.29, 0.717) is 13.1 Å². The van der Waals surface area contributed by atoms with Gasteiger partial charge in [-0.3, -0.25) is 0 Å². The minimum atomic E-state index is -3.05. The number of hydrogen-bond donors (Lipinski definition) is 2. The number of rotatable bonds is 6. The van der Waals surface area contributed by atoms with E-state index in [0.717, 1.165) is 12.8 Å². The molecule has 0 spiro atoms. The van der Waals surface area contributed by atoms with Crippen molar-refractivity contribution in [2.45, 2.75) is 13.5 Å². The first-order chi connectivity index (χ1) is 6.99. The van der Waals surface area contributed by atoms with Gasteiger partial charge < -0.3 is 5.32 Å². The zero-order chi connectivity index (χ0) is 11.3. The van der Waals surface area contributed by atoms with Crippen LogP contribution in [0.4, 0.5) is 0 Å². The second-order valence-electron chi connectivity index (χ2n) is 3.37. The first kappa shape index (κ1) is 12.6. The molecular formula is C9H16N2O2S2. The molecule has 0 aliphatic rings. The van der Waals surface area contributed by atoms with Gasteiger partial charge >= 0.3 is 0 Å². The lowest BCUT2D eigenvalue weighted by molar-refractivity contribution is 0.582. The van der Waals surface area contributed by atoms with Gasteiger partial charge in [0.05, 0.1) is 6.26 Å². The second-order valence-corrected chi connectivity index (χ2v) is 6.20. The van der Waals surface area contributed by atoms with Crippen LogP contribution in [-0.4, -0.2) is 27.8 Å². The maximum absolute atomic E-state index is 10.7. The summed E-state index contributed by atoms with van der Waals surface area (Å²) in [6, 6.07) is 2.08. The van der Waals surface area contributed by atoms with Crippen molar-refractivity contribution >= 4 is 21.4 Å². The Labute approximate surface area is 94.8 Å². The summed E-state index contributed by atoms with van der Waals surface area (Å²) in [5, 5.41) is 5.24. The van der Waals surface area contributed by atoms with E-state index in [9.17, 15) is 8.42 Å². The monoisotopic (exact) mass is 248 g/mol. The quantitative estimate of drug-likeness (QED) is 0.728. The smallest absolute Gasteiger partial charge is 0.208 e. The molecule has 0 aliphatic heterocycles. The Morgan fingerprint density at radius 2 is 2.13 bits per heavy atom. The van der Waals surface area contributed by atoms with Crippen molar-refractivity contribution in [1.82, 2.24) is 10.0 Å². The first-order valence-electron chi connectivity index (χ1n) is 4.67. The molecule has 1 rings (SSSR count). The molecule has 0 radical (unpaired) electrons. The lowest BCUT2D eigenvalue weighted by atomic mass is 10.3. The second kappa shape index (κ2) is 5.60. The van der Waals surface area contributed by atoms with E-state index in [1.807, 2.05) is 0 Å². The molecule has 15 heavy (non-hydrogen) atoms. The average molecular weight is 248 g/mol. The van der Waals surface area contributed by atoms with Crippen LogP contribution in [0, 0.1) is 6.92 Å². The van der Waals surface area contributed by atoms with Gasteiger partial charge in [-0.1, -0.05) is 0 Å². The standard InChI is InChI=1S/C9H16N2O2S2/c1-8-3-6-14-9(8)7-10-4-5-11-15(2,12)13/h3,6,10-11H,4-5,7H2,1-2H3. The Morgan fingerprint density at radius 1 is 1.40 bits per heavy atom. The summed E-state index contributed by atoms with van der Waals surface area (Å²) in [4.78, 5) is 1.30. The number of thiophene rings is 1. The van der Waals surface area contributed by atoms with Crippen LogP contribution in [0.3, 0.4) is 0 Å². The molecule has 6 heteroatoms. The molecule has 0 saturated carbocycles. The molecule has 0 unspecified atom stereocenters. The summed E-state index contributed by atoms with van der Waals surface area (Å²) in [5.74, 6) is 0. The molecule has 0 bridgehead atoms. The highest BCUT2D eigenvalue weighted by Gasteiger charge is 2.00. The molecule has 1 heterocycles. The summed E-state index contributed by atoms with van der Waals surface area (Å²) in [5.41, 5.74) is 1.28. The van der Waals surface area contributed by atoms with Gasteiger partial charge in [0.1, 0.15) is 0 Å². The van der Waals surface area contributed by atoms with Crippen LogP contribution in [0.2, 0.25) is 0 Å². The lowest BCUT2D eigenvalue weighted by Gasteiger charge is -2.04. The molecule has 1 aromatic rings. The predicted octanol–water partition coefficient (Wildman–Crippen LogP) is 0.695. The summed E-state index contributed by atoms with van der Waals surface area (Å²) < 4.78 is 23.9. The molecule has 0 saturated heterocycles. The summed E-state index contributed by atoms with van der Waals surface area (Å²) in [6.45, 7) is 3.95. The maximum atomic E-state index is 10.7. The molecule has 0 aliphatic carbocycles. The fourth-order valence-electron chi connectivity index (χ4n) is 1.11. The van der Waals surface area contributed by atoms with Gasteiger partial charge in [0.2, 0.25) is 10.0 Å². The van der Waals surface area contributed by atoms with Crippen LogP contribution in [0.1, 0.15) is 10.4 Å². The van der Waals surface area contributed by atoms with E-state index < -0.39 is 10.0 Å². The normalized spacial score (nSPS) is 11.9. The summed E-state index contributed by atoms with van der Waals surface area (Å²) in [6.07, 6.45) is 1.16. The van der Waals surface area contributed by atoms with E-state index >= 15 is 0 Å². The fraction of sp³-hybridized carbons (Fsp3) is 0.556. The van der Waals surface area contributed by atoms with Gasteiger partial charge in [0.25, 0.3) is 0 Å². The Bertz CT molecular complexity index is 398. The third-order valence-corrected chi connectivity index (χ3v) is 3.67. The molecule has 1 aromatic heterocycles. The van der Waals surface area contributed by atoms with Crippen LogP contribution >= 0.6 is 11.3 Å². The summed E-state index contributed by atoms with van der Waals surface area (Å²) >= 11 is 1.71. The number of sulfonamides is 1. The van der Waals surface area contributed by atoms with Crippen LogP contribution in [0.5, 0.6) is 0 Å². The van der Waals surface area contributed by atoms with Crippen molar-refractivity contribution in [3.05, 3.63) is 21.9 Å². The van der Waals surface area contributed by atoms with Gasteiger partial charge in [-0.25, -0.2) is 13.1 Å². The molecule has 0 fully saturated rings. The van der Waals surface area contributed by atoms with Gasteiger partial charge in [0.15, 0.2) is 0 Å². The van der Waals surface area contributed by atoms with Crippen molar-refractivity contribution in [1.29, 1.82) is 0 Å². The Morgan fingerprint density at radius 3 is 2.67 bits per heavy atom. The van der Waals surface area contributed by atoms with Gasteiger partial charge in [-0.05, 0) is 23.9 Å². The molecule has 4 nitrogen and oxygen atoms in total. The van der Waals surface area contributed by atoms with Crippen LogP contribution in [-0.2, 0) is 16.6 Å². The van der Waals surface area contributed by atoms with Crippen molar-refractivity contribution in [3.8, 4) is 0 Å². The van der Waals surface area contributed by atoms with Gasteiger partial charge in [0, 0.05) is 24.5 Å². The van der Waals surface area contributed by atoms with Crippen LogP contribution in [0.25, 0.3) is 0 Å². The molecule has 86 valence electrons. The average Bonchev–Trinajstić information content (AvgIpc) is 2.49. The van der Waals surface area contributed by atoms with Crippen molar-refractivity contribution < 1.29 is 8.42 Å². The number of aryl methyl sites for hydroxylation is 1. The number of nitrogens with one attached hydrogen (secondary N) is 2. The first-order valence-corrected chi connectivity index (χ1v) is 7.44. The molecule has 0 aromatic carbocycles. The van der Waals surface area contributed by atoms with Crippen molar-refractivity contribution in [2.75, 3.05) is 19.3 Å². The van der Waals surface area contributed by atoms with Crippen LogP contribution < -0.4 is 10.0 Å². The Kier molecular flexibility index (Phi) is 4.72. The Hall–Kier alpha value is -0.430. The highest BCUT2D eigenvalue weighted by Crippen LogP contribution is 2.14. The number of hydrogen-bond acceptors (Lipinski definition) is 4. The van der Waals surface area contributed by atoms with E-state index in [4.69, 9.17) is 0 Å². The molecule has 2 N–H and O–H groups in total. The van der Waals surface area contributed by atoms with Gasteiger partial charge in [-0.15, -0.1) is 11.3 Å². The topological polar surface area (TPSA) is 58.2 Å². The molecule has 0 amide bonds. The van der Waals surface area contributed by atoms with E-state index in [2.05, 4.69) is 28.4 Å². The minimum Gasteiger partial charge on any atom is -0.311 e. The fourth-order valence-corrected chi connectivity index (χ4v) is 2.46. The summed E-state index contributed by atoms with van der Waals surface area (Å²) in [7, 11) is -3.05. The van der Waals surface area contributed by atoms with Gasteiger partial charge in [-0.2, -0.15) is 0 Å². The molecular weight excluding hydrogens is 232 g/mol. The zero-order valence-electron chi connectivity index (χ0n) is 8.91. The van der Waals surface area contributed by atoms with E-state index in [-0.39, 0.29) is 0 Å². The zero-order valence-corrected chi connectivity index (χ0v) is 10.5. The SMILES string of the molecule is Cc1ccsc1CNCCNS(C)(=O)=O. The molecule has 0 atom stereocenters. The Balaban J connectivity index is 2.15. The lowest BCUT2D eigenvalue weighted by Crippen LogP contribution is -2.30. The highest BCUT2D eigenvalue weighted by atomic mass is 32.2. The third kappa shape index (κ3) is 5.27. The van der Waals surface area contributed by atoms with Crippen molar-refractivity contribution in [3.63, 3.8) is 0 Å².